The summed E-state index contributed by atoms with van der Waals surface area (Å²) in [5.74, 6) is -0.0755. The van der Waals surface area contributed by atoms with Gasteiger partial charge in [-0.15, -0.1) is 0 Å². The number of aryl methyl sites for hydroxylation is 2. The minimum Gasteiger partial charge on any atom is -0.480 e. The van der Waals surface area contributed by atoms with Crippen LogP contribution in [0.5, 0.6) is 0 Å². The number of aromatic nitrogens is 2. The Labute approximate surface area is 77.2 Å². The Morgan fingerprint density at radius 3 is 2.31 bits per heavy atom. The topological polar surface area (TPSA) is 55.1 Å². The first-order chi connectivity index (χ1) is 5.95. The van der Waals surface area contributed by atoms with Gasteiger partial charge in [0, 0.05) is 5.69 Å². The summed E-state index contributed by atoms with van der Waals surface area (Å²) in [5, 5.41) is 8.84. The van der Waals surface area contributed by atoms with Gasteiger partial charge in [0.15, 0.2) is 0 Å². The molecule has 0 amide bonds. The van der Waals surface area contributed by atoms with Crippen LogP contribution in [0.3, 0.4) is 0 Å². The van der Waals surface area contributed by atoms with Gasteiger partial charge in [0.1, 0.15) is 11.9 Å². The normalized spacial score (nSPS) is 12.9. The van der Waals surface area contributed by atoms with Crippen LogP contribution >= 0.6 is 0 Å². The molecule has 1 aromatic rings. The number of carbonyl (C=O) groups is 1. The average molecular weight is 182 g/mol. The second-order valence-electron chi connectivity index (χ2n) is 3.21. The zero-order valence-electron chi connectivity index (χ0n) is 8.33. The number of hydrogen-bond acceptors (Lipinski definition) is 2. The third-order valence-electron chi connectivity index (χ3n) is 2.31. The van der Waals surface area contributed by atoms with Crippen LogP contribution in [0, 0.1) is 20.8 Å². The maximum absolute atomic E-state index is 10.8. The summed E-state index contributed by atoms with van der Waals surface area (Å²) in [4.78, 5) is 15.0. The van der Waals surface area contributed by atoms with Crippen molar-refractivity contribution in [1.82, 2.24) is 9.55 Å². The van der Waals surface area contributed by atoms with Crippen molar-refractivity contribution in [3.63, 3.8) is 0 Å². The van der Waals surface area contributed by atoms with Gasteiger partial charge in [-0.3, -0.25) is 0 Å². The van der Waals surface area contributed by atoms with Gasteiger partial charge in [-0.1, -0.05) is 0 Å². The molecule has 0 aliphatic heterocycles. The number of aliphatic carboxylic acids is 1. The SMILES string of the molecule is Cc1nc(C)n(C(C)C(=O)O)c1C. The zero-order chi connectivity index (χ0) is 10.2. The number of nitrogens with zero attached hydrogens (tertiary/aromatic N) is 2. The van der Waals surface area contributed by atoms with Gasteiger partial charge >= 0.3 is 5.97 Å². The molecule has 0 saturated carbocycles. The lowest BCUT2D eigenvalue weighted by Gasteiger charge is -2.12. The van der Waals surface area contributed by atoms with Crippen LogP contribution in [0.1, 0.15) is 30.2 Å². The Bertz CT molecular complexity index is 342. The van der Waals surface area contributed by atoms with Gasteiger partial charge in [-0.05, 0) is 27.7 Å². The summed E-state index contributed by atoms with van der Waals surface area (Å²) >= 11 is 0. The molecule has 0 bridgehead atoms. The Hall–Kier alpha value is -1.32. The molecule has 1 N–H and O–H groups in total. The number of carboxylic acids is 1. The van der Waals surface area contributed by atoms with E-state index in [-0.39, 0.29) is 0 Å². The molecule has 1 unspecified atom stereocenters. The van der Waals surface area contributed by atoms with Crippen LogP contribution in [0.2, 0.25) is 0 Å². The minimum absolute atomic E-state index is 0.541. The van der Waals surface area contributed by atoms with Crippen molar-refractivity contribution in [2.24, 2.45) is 0 Å². The second kappa shape index (κ2) is 3.20. The van der Waals surface area contributed by atoms with Crippen molar-refractivity contribution in [2.45, 2.75) is 33.7 Å². The van der Waals surface area contributed by atoms with E-state index in [4.69, 9.17) is 5.11 Å². The largest absolute Gasteiger partial charge is 0.480 e. The molecule has 0 aliphatic carbocycles. The summed E-state index contributed by atoms with van der Waals surface area (Å²) in [6.07, 6.45) is 0. The van der Waals surface area contributed by atoms with E-state index in [1.54, 1.807) is 11.5 Å². The van der Waals surface area contributed by atoms with Gasteiger partial charge in [0.25, 0.3) is 0 Å². The fourth-order valence-electron chi connectivity index (χ4n) is 1.48. The van der Waals surface area contributed by atoms with Crippen LogP contribution in [0.4, 0.5) is 0 Å². The second-order valence-corrected chi connectivity index (χ2v) is 3.21. The number of imidazole rings is 1. The molecule has 0 aliphatic rings. The first-order valence-corrected chi connectivity index (χ1v) is 4.20. The maximum atomic E-state index is 10.8. The van der Waals surface area contributed by atoms with E-state index in [0.29, 0.717) is 0 Å². The van der Waals surface area contributed by atoms with Crippen molar-refractivity contribution in [3.8, 4) is 0 Å². The number of rotatable bonds is 2. The molecule has 1 rings (SSSR count). The molecule has 72 valence electrons. The summed E-state index contributed by atoms with van der Waals surface area (Å²) in [5.41, 5.74) is 1.82. The lowest BCUT2D eigenvalue weighted by molar-refractivity contribution is -0.140. The summed E-state index contributed by atoms with van der Waals surface area (Å²) in [6.45, 7) is 7.24. The lowest BCUT2D eigenvalue weighted by atomic mass is 10.3. The molecule has 1 heterocycles. The van der Waals surface area contributed by atoms with Crippen LogP contribution in [-0.2, 0) is 4.79 Å². The molecule has 13 heavy (non-hydrogen) atoms. The van der Waals surface area contributed by atoms with E-state index in [1.807, 2.05) is 20.8 Å². The van der Waals surface area contributed by atoms with Crippen LogP contribution in [0.25, 0.3) is 0 Å². The molecule has 4 heteroatoms. The van der Waals surface area contributed by atoms with E-state index in [0.717, 1.165) is 17.2 Å². The van der Waals surface area contributed by atoms with Crippen molar-refractivity contribution in [3.05, 3.63) is 17.2 Å². The molecule has 4 nitrogen and oxygen atoms in total. The first kappa shape index (κ1) is 9.77. The number of hydrogen-bond donors (Lipinski definition) is 1. The van der Waals surface area contributed by atoms with Crippen LogP contribution in [0.15, 0.2) is 0 Å². The van der Waals surface area contributed by atoms with Gasteiger partial charge in [0.05, 0.1) is 5.69 Å². The Morgan fingerprint density at radius 2 is 2.00 bits per heavy atom. The summed E-state index contributed by atoms with van der Waals surface area (Å²) < 4.78 is 1.73. The lowest BCUT2D eigenvalue weighted by Crippen LogP contribution is -2.17. The van der Waals surface area contributed by atoms with Crippen LogP contribution < -0.4 is 0 Å². The molecule has 0 spiro atoms. The van der Waals surface area contributed by atoms with Gasteiger partial charge < -0.3 is 9.67 Å². The molecule has 0 saturated heterocycles. The van der Waals surface area contributed by atoms with E-state index in [9.17, 15) is 4.79 Å². The molecule has 1 atom stereocenters. The van der Waals surface area contributed by atoms with Crippen molar-refractivity contribution in [2.75, 3.05) is 0 Å². The number of carboxylic acid groups (broad SMARTS) is 1. The van der Waals surface area contributed by atoms with Gasteiger partial charge in [-0.2, -0.15) is 0 Å². The predicted molar refractivity (Wildman–Crippen MR) is 48.8 cm³/mol. The Kier molecular flexibility index (Phi) is 2.40. The van der Waals surface area contributed by atoms with Crippen molar-refractivity contribution < 1.29 is 9.90 Å². The van der Waals surface area contributed by atoms with E-state index < -0.39 is 12.0 Å². The fraction of sp³-hybridized carbons (Fsp3) is 0.556. The van der Waals surface area contributed by atoms with E-state index in [1.165, 1.54) is 0 Å². The predicted octanol–water partition coefficient (Wildman–Crippen LogP) is 1.45. The third kappa shape index (κ3) is 1.56. The summed E-state index contributed by atoms with van der Waals surface area (Å²) in [6, 6.07) is -0.541. The summed E-state index contributed by atoms with van der Waals surface area (Å²) in [7, 11) is 0. The van der Waals surface area contributed by atoms with E-state index >= 15 is 0 Å². The molecule has 1 aromatic heterocycles. The monoisotopic (exact) mass is 182 g/mol. The van der Waals surface area contributed by atoms with Gasteiger partial charge in [0.2, 0.25) is 0 Å². The smallest absolute Gasteiger partial charge is 0.326 e. The van der Waals surface area contributed by atoms with E-state index in [2.05, 4.69) is 4.98 Å². The highest BCUT2D eigenvalue weighted by molar-refractivity contribution is 5.71. The zero-order valence-corrected chi connectivity index (χ0v) is 8.33. The van der Waals surface area contributed by atoms with Crippen LogP contribution in [-0.4, -0.2) is 20.6 Å². The molecule has 0 aromatic carbocycles. The fourth-order valence-corrected chi connectivity index (χ4v) is 1.48. The molecular weight excluding hydrogens is 168 g/mol. The quantitative estimate of drug-likeness (QED) is 0.753. The standard InChI is InChI=1S/C9H14N2O2/c1-5-6(2)11(8(4)10-5)7(3)9(12)13/h7H,1-4H3,(H,12,13). The Balaban J connectivity index is 3.20. The highest BCUT2D eigenvalue weighted by Gasteiger charge is 2.18. The van der Waals surface area contributed by atoms with Gasteiger partial charge in [-0.25, -0.2) is 9.78 Å². The maximum Gasteiger partial charge on any atom is 0.326 e. The highest BCUT2D eigenvalue weighted by Crippen LogP contribution is 2.16. The minimum atomic E-state index is -0.830. The first-order valence-electron chi connectivity index (χ1n) is 4.20. The Morgan fingerprint density at radius 1 is 1.46 bits per heavy atom. The molecular formula is C9H14N2O2. The molecule has 0 fully saturated rings. The van der Waals surface area contributed by atoms with Crippen molar-refractivity contribution >= 4 is 5.97 Å². The van der Waals surface area contributed by atoms with Crippen molar-refractivity contribution in [1.29, 1.82) is 0 Å². The third-order valence-corrected chi connectivity index (χ3v) is 2.31. The molecule has 0 radical (unpaired) electrons. The highest BCUT2D eigenvalue weighted by atomic mass is 16.4. The average Bonchev–Trinajstić information content (AvgIpc) is 2.26.